The maximum absolute atomic E-state index is 14.9. The van der Waals surface area contributed by atoms with Gasteiger partial charge >= 0.3 is 0 Å². The molecule has 0 N–H and O–H groups in total. The first-order valence-electron chi connectivity index (χ1n) is 12.3. The number of pyridine rings is 1. The van der Waals surface area contributed by atoms with E-state index in [1.54, 1.807) is 6.07 Å². The largest absolute Gasteiger partial charge is 0.256 e. The van der Waals surface area contributed by atoms with Crippen molar-refractivity contribution in [3.05, 3.63) is 66.1 Å². The molecule has 0 amide bonds. The number of hydrogen-bond acceptors (Lipinski definition) is 1. The quantitative estimate of drug-likeness (QED) is 0.362. The molecular formula is C28H38FNSi2. The van der Waals surface area contributed by atoms with Crippen LogP contribution in [0.1, 0.15) is 29.1 Å². The molecule has 170 valence electrons. The van der Waals surface area contributed by atoms with Crippen molar-refractivity contribution in [2.75, 3.05) is 0 Å². The van der Waals surface area contributed by atoms with Crippen LogP contribution in [0.2, 0.25) is 39.3 Å². The molecule has 1 nitrogen and oxygen atoms in total. The highest BCUT2D eigenvalue weighted by atomic mass is 28.3. The van der Waals surface area contributed by atoms with E-state index in [1.807, 2.05) is 51.2 Å². The zero-order chi connectivity index (χ0) is 25.7. The molecule has 2 aromatic carbocycles. The molecule has 0 saturated heterocycles. The number of hydrogen-bond donors (Lipinski definition) is 0. The third-order valence-electron chi connectivity index (χ3n) is 5.55. The van der Waals surface area contributed by atoms with Crippen molar-refractivity contribution in [1.29, 1.82) is 0 Å². The minimum Gasteiger partial charge on any atom is -0.256 e. The van der Waals surface area contributed by atoms with Crippen LogP contribution in [0.5, 0.6) is 0 Å². The fourth-order valence-corrected chi connectivity index (χ4v) is 6.34. The van der Waals surface area contributed by atoms with E-state index in [4.69, 9.17) is 7.73 Å². The van der Waals surface area contributed by atoms with Crippen molar-refractivity contribution >= 4 is 26.5 Å². The van der Waals surface area contributed by atoms with Crippen molar-refractivity contribution in [2.45, 2.75) is 66.4 Å². The molecule has 0 fully saturated rings. The fraction of sp³-hybridized carbons (Fsp3) is 0.393. The Morgan fingerprint density at radius 2 is 1.44 bits per heavy atom. The average molecular weight is 466 g/mol. The lowest BCUT2D eigenvalue weighted by Gasteiger charge is -2.26. The summed E-state index contributed by atoms with van der Waals surface area (Å²) in [4.78, 5) is 4.73. The minimum absolute atomic E-state index is 0.270. The number of aromatic nitrogens is 1. The zero-order valence-corrected chi connectivity index (χ0v) is 23.0. The molecule has 0 saturated carbocycles. The smallest absolute Gasteiger partial charge is 0.131 e. The van der Waals surface area contributed by atoms with Gasteiger partial charge in [-0.2, -0.15) is 0 Å². The Bertz CT molecular complexity index is 1180. The summed E-state index contributed by atoms with van der Waals surface area (Å²) >= 11 is 0. The van der Waals surface area contributed by atoms with Gasteiger partial charge in [0.15, 0.2) is 0 Å². The molecule has 32 heavy (non-hydrogen) atoms. The summed E-state index contributed by atoms with van der Waals surface area (Å²) in [6, 6.07) is 15.2. The van der Waals surface area contributed by atoms with Crippen molar-refractivity contribution in [3.63, 3.8) is 0 Å². The van der Waals surface area contributed by atoms with Crippen LogP contribution in [0.4, 0.5) is 4.39 Å². The summed E-state index contributed by atoms with van der Waals surface area (Å²) in [5, 5.41) is 2.37. The number of benzene rings is 2. The number of halogens is 1. The second-order valence-corrected chi connectivity index (χ2v) is 21.9. The molecule has 4 heteroatoms. The first-order valence-corrected chi connectivity index (χ1v) is 18.3. The summed E-state index contributed by atoms with van der Waals surface area (Å²) in [5.74, 6) is -0.270. The van der Waals surface area contributed by atoms with Crippen LogP contribution in [-0.2, 0) is 6.37 Å². The molecule has 0 spiro atoms. The molecule has 3 rings (SSSR count). The Labute approximate surface area is 199 Å². The van der Waals surface area contributed by atoms with Gasteiger partial charge in [0.05, 0.1) is 21.8 Å². The Hall–Kier alpha value is -2.05. The van der Waals surface area contributed by atoms with E-state index in [1.165, 1.54) is 11.3 Å². The summed E-state index contributed by atoms with van der Waals surface area (Å²) < 4.78 is 32.9. The van der Waals surface area contributed by atoms with Gasteiger partial charge in [-0.25, -0.2) is 4.39 Å². The molecule has 0 aliphatic heterocycles. The molecule has 0 unspecified atom stereocenters. The lowest BCUT2D eigenvalue weighted by molar-refractivity contribution is 0.412. The molecule has 0 aliphatic carbocycles. The van der Waals surface area contributed by atoms with E-state index in [0.717, 1.165) is 16.3 Å². The molecule has 0 atom stereocenters. The lowest BCUT2D eigenvalue weighted by Crippen LogP contribution is -2.41. The van der Waals surface area contributed by atoms with Gasteiger partial charge in [-0.3, -0.25) is 4.98 Å². The van der Waals surface area contributed by atoms with Gasteiger partial charge in [0, 0.05) is 20.1 Å². The van der Waals surface area contributed by atoms with E-state index in [9.17, 15) is 4.39 Å². The Morgan fingerprint density at radius 1 is 0.844 bits per heavy atom. The highest BCUT2D eigenvalue weighted by Crippen LogP contribution is 2.30. The summed E-state index contributed by atoms with van der Waals surface area (Å²) in [5.41, 5.74) is 2.96. The predicted octanol–water partition coefficient (Wildman–Crippen LogP) is 7.23. The normalized spacial score (nSPS) is 14.2. The molecule has 1 aromatic heterocycles. The minimum atomic E-state index is -1.84. The molecule has 3 aromatic rings. The standard InChI is InChI=1S/C28H38FNSi2/c1-28(2,3)18-22-17-26(30-19-27(22)32(7,8)9)21-12-15-25(29)24(16-21)20-10-13-23(14-11-20)31(4,5)6/h10-17,19H,18H2,1-9H3/i18D2. The van der Waals surface area contributed by atoms with E-state index in [-0.39, 0.29) is 5.82 Å². The van der Waals surface area contributed by atoms with Gasteiger partial charge < -0.3 is 0 Å². The number of rotatable bonds is 5. The fourth-order valence-electron chi connectivity index (χ4n) is 3.77. The Kier molecular flexibility index (Phi) is 5.93. The van der Waals surface area contributed by atoms with Crippen molar-refractivity contribution in [2.24, 2.45) is 5.41 Å². The Balaban J connectivity index is 2.15. The van der Waals surface area contributed by atoms with Crippen LogP contribution >= 0.6 is 0 Å². The van der Waals surface area contributed by atoms with Crippen molar-refractivity contribution in [1.82, 2.24) is 4.98 Å². The van der Waals surface area contributed by atoms with Crippen molar-refractivity contribution in [3.8, 4) is 22.4 Å². The summed E-state index contributed by atoms with van der Waals surface area (Å²) in [6.07, 6.45) is 0.322. The number of nitrogens with zero attached hydrogens (tertiary/aromatic N) is 1. The van der Waals surface area contributed by atoms with Crippen LogP contribution in [0, 0.1) is 11.2 Å². The average Bonchev–Trinajstić information content (AvgIpc) is 2.71. The first-order chi connectivity index (χ1) is 15.4. The van der Waals surface area contributed by atoms with Crippen LogP contribution < -0.4 is 10.4 Å². The van der Waals surface area contributed by atoms with E-state index < -0.39 is 27.9 Å². The van der Waals surface area contributed by atoms with Crippen LogP contribution in [0.15, 0.2) is 54.7 Å². The second kappa shape index (κ2) is 8.71. The van der Waals surface area contributed by atoms with Gasteiger partial charge in [0.25, 0.3) is 0 Å². The second-order valence-electron chi connectivity index (χ2n) is 11.8. The van der Waals surface area contributed by atoms with E-state index in [0.29, 0.717) is 16.8 Å². The maximum atomic E-state index is 14.9. The van der Waals surface area contributed by atoms with Gasteiger partial charge in [0.1, 0.15) is 5.82 Å². The monoisotopic (exact) mass is 465 g/mol. The third-order valence-corrected chi connectivity index (χ3v) is 9.63. The predicted molar refractivity (Wildman–Crippen MR) is 144 cm³/mol. The molecule has 0 aliphatic rings. The topological polar surface area (TPSA) is 12.9 Å². The molecule has 1 heterocycles. The zero-order valence-electron chi connectivity index (χ0n) is 23.0. The Morgan fingerprint density at radius 3 is 1.97 bits per heavy atom. The lowest BCUT2D eigenvalue weighted by atomic mass is 9.88. The van der Waals surface area contributed by atoms with E-state index in [2.05, 4.69) is 51.4 Å². The molecular weight excluding hydrogens is 425 g/mol. The first kappa shape index (κ1) is 21.8. The van der Waals surface area contributed by atoms with Crippen molar-refractivity contribution < 1.29 is 7.13 Å². The van der Waals surface area contributed by atoms with Gasteiger partial charge in [-0.05, 0) is 52.4 Å². The van der Waals surface area contributed by atoms with E-state index >= 15 is 0 Å². The maximum Gasteiger partial charge on any atom is 0.131 e. The van der Waals surface area contributed by atoms with Gasteiger partial charge in [-0.1, -0.05) is 89.5 Å². The summed E-state index contributed by atoms with van der Waals surface area (Å²) in [6.45, 7) is 19.3. The third kappa shape index (κ3) is 5.84. The van der Waals surface area contributed by atoms with Gasteiger partial charge in [0.2, 0.25) is 0 Å². The SMILES string of the molecule is [2H]C([2H])(c1cc(-c2ccc(F)c(-c3ccc([Si](C)(C)C)cc3)c2)ncc1[Si](C)(C)C)C(C)(C)C. The highest BCUT2D eigenvalue weighted by Gasteiger charge is 2.24. The molecule has 0 bridgehead atoms. The van der Waals surface area contributed by atoms with Crippen LogP contribution in [0.3, 0.4) is 0 Å². The van der Waals surface area contributed by atoms with Crippen LogP contribution in [-0.4, -0.2) is 21.1 Å². The van der Waals surface area contributed by atoms with Gasteiger partial charge in [-0.15, -0.1) is 0 Å². The summed E-state index contributed by atoms with van der Waals surface area (Å²) in [7, 11) is -3.27. The molecule has 0 radical (unpaired) electrons. The van der Waals surface area contributed by atoms with Crippen LogP contribution in [0.25, 0.3) is 22.4 Å². The highest BCUT2D eigenvalue weighted by molar-refractivity contribution is 6.89.